The number of aromatic hydroxyl groups is 1. The van der Waals surface area contributed by atoms with Crippen LogP contribution in [0.25, 0.3) is 0 Å². The molecule has 0 aliphatic heterocycles. The first-order chi connectivity index (χ1) is 7.58. The lowest BCUT2D eigenvalue weighted by molar-refractivity contribution is 0.0477. The number of aryl methyl sites for hydroxylation is 1. The Kier molecular flexibility index (Phi) is 2.68. The fourth-order valence-electron chi connectivity index (χ4n) is 1.33. The van der Waals surface area contributed by atoms with Crippen molar-refractivity contribution in [3.63, 3.8) is 0 Å². The summed E-state index contributed by atoms with van der Waals surface area (Å²) in [4.78, 5) is 22.8. The van der Waals surface area contributed by atoms with E-state index in [0.29, 0.717) is 12.5 Å². The highest BCUT2D eigenvalue weighted by Crippen LogP contribution is 2.29. The summed E-state index contributed by atoms with van der Waals surface area (Å²) in [7, 11) is 0. The Morgan fingerprint density at radius 1 is 1.62 bits per heavy atom. The third-order valence-corrected chi connectivity index (χ3v) is 2.41. The molecular weight excluding hydrogens is 212 g/mol. The van der Waals surface area contributed by atoms with Gasteiger partial charge in [0.05, 0.1) is 6.61 Å². The van der Waals surface area contributed by atoms with Gasteiger partial charge in [-0.2, -0.15) is 0 Å². The van der Waals surface area contributed by atoms with Crippen LogP contribution in [0.5, 0.6) is 5.75 Å². The van der Waals surface area contributed by atoms with E-state index < -0.39 is 22.9 Å². The van der Waals surface area contributed by atoms with Crippen molar-refractivity contribution in [2.24, 2.45) is 5.92 Å². The van der Waals surface area contributed by atoms with Gasteiger partial charge in [0.2, 0.25) is 0 Å². The summed E-state index contributed by atoms with van der Waals surface area (Å²) in [5.41, 5.74) is -1.29. The molecule has 0 radical (unpaired) electrons. The smallest absolute Gasteiger partial charge is 0.354 e. The quantitative estimate of drug-likeness (QED) is 0.781. The molecule has 5 heteroatoms. The van der Waals surface area contributed by atoms with Crippen molar-refractivity contribution in [3.8, 4) is 5.75 Å². The molecule has 0 saturated heterocycles. The first-order valence-electron chi connectivity index (χ1n) is 5.08. The molecule has 2 rings (SSSR count). The number of hydrogen-bond acceptors (Lipinski definition) is 5. The molecule has 0 unspecified atom stereocenters. The van der Waals surface area contributed by atoms with Crippen LogP contribution in [0, 0.1) is 12.8 Å². The van der Waals surface area contributed by atoms with Crippen LogP contribution in [0.2, 0.25) is 0 Å². The van der Waals surface area contributed by atoms with E-state index in [2.05, 4.69) is 0 Å². The van der Waals surface area contributed by atoms with E-state index in [4.69, 9.17) is 9.15 Å². The molecule has 1 fully saturated rings. The minimum Gasteiger partial charge on any atom is -0.507 e. The Hall–Kier alpha value is -1.78. The van der Waals surface area contributed by atoms with Crippen molar-refractivity contribution in [1.29, 1.82) is 0 Å². The van der Waals surface area contributed by atoms with E-state index in [1.54, 1.807) is 0 Å². The molecule has 1 aromatic heterocycles. The van der Waals surface area contributed by atoms with Gasteiger partial charge in [0, 0.05) is 6.07 Å². The molecule has 1 aromatic rings. The van der Waals surface area contributed by atoms with Gasteiger partial charge in [0.25, 0.3) is 0 Å². The van der Waals surface area contributed by atoms with Crippen LogP contribution in [-0.4, -0.2) is 17.7 Å². The Morgan fingerprint density at radius 3 is 2.88 bits per heavy atom. The molecular formula is C11H12O5. The summed E-state index contributed by atoms with van der Waals surface area (Å²) in [6, 6.07) is 1.22. The second-order valence-electron chi connectivity index (χ2n) is 3.95. The molecule has 0 bridgehead atoms. The lowest BCUT2D eigenvalue weighted by Crippen LogP contribution is -2.18. The average molecular weight is 224 g/mol. The lowest BCUT2D eigenvalue weighted by atomic mass is 10.2. The fraction of sp³-hybridized carbons (Fsp3) is 0.455. The molecule has 0 amide bonds. The Labute approximate surface area is 91.7 Å². The summed E-state index contributed by atoms with van der Waals surface area (Å²) >= 11 is 0. The fourth-order valence-corrected chi connectivity index (χ4v) is 1.33. The van der Waals surface area contributed by atoms with Crippen molar-refractivity contribution >= 4 is 5.97 Å². The Bertz CT molecular complexity index is 470. The highest BCUT2D eigenvalue weighted by Gasteiger charge is 2.25. The van der Waals surface area contributed by atoms with Crippen LogP contribution in [-0.2, 0) is 4.74 Å². The maximum atomic E-state index is 11.5. The molecule has 86 valence electrons. The SMILES string of the molecule is Cc1cc(O)c(C(=O)OCC2CC2)c(=O)o1. The Balaban J connectivity index is 2.18. The molecule has 1 heterocycles. The maximum Gasteiger partial charge on any atom is 0.354 e. The van der Waals surface area contributed by atoms with Gasteiger partial charge in [-0.05, 0) is 25.7 Å². The predicted octanol–water partition coefficient (Wildman–Crippen LogP) is 1.22. The van der Waals surface area contributed by atoms with Crippen LogP contribution < -0.4 is 5.63 Å². The van der Waals surface area contributed by atoms with E-state index in [1.807, 2.05) is 0 Å². The van der Waals surface area contributed by atoms with Gasteiger partial charge < -0.3 is 14.3 Å². The molecule has 0 spiro atoms. The highest BCUT2D eigenvalue weighted by molar-refractivity contribution is 5.91. The monoisotopic (exact) mass is 224 g/mol. The van der Waals surface area contributed by atoms with Gasteiger partial charge in [-0.3, -0.25) is 0 Å². The lowest BCUT2D eigenvalue weighted by Gasteiger charge is -2.04. The molecule has 1 aliphatic rings. The van der Waals surface area contributed by atoms with Gasteiger partial charge >= 0.3 is 11.6 Å². The number of carbonyl (C=O) groups excluding carboxylic acids is 1. The largest absolute Gasteiger partial charge is 0.507 e. The molecule has 0 aromatic carbocycles. The number of hydrogen-bond donors (Lipinski definition) is 1. The summed E-state index contributed by atoms with van der Waals surface area (Å²) in [6.45, 7) is 1.81. The van der Waals surface area contributed by atoms with Crippen molar-refractivity contribution < 1.29 is 19.1 Å². The van der Waals surface area contributed by atoms with Crippen LogP contribution in [0.1, 0.15) is 29.0 Å². The van der Waals surface area contributed by atoms with E-state index in [1.165, 1.54) is 13.0 Å². The zero-order chi connectivity index (χ0) is 11.7. The van der Waals surface area contributed by atoms with Crippen molar-refractivity contribution in [3.05, 3.63) is 27.8 Å². The zero-order valence-electron chi connectivity index (χ0n) is 8.86. The number of ether oxygens (including phenoxy) is 1. The molecule has 0 atom stereocenters. The predicted molar refractivity (Wildman–Crippen MR) is 54.4 cm³/mol. The molecule has 1 aliphatic carbocycles. The van der Waals surface area contributed by atoms with Gasteiger partial charge in [0.1, 0.15) is 11.5 Å². The minimum absolute atomic E-state index is 0.251. The van der Waals surface area contributed by atoms with Crippen LogP contribution in [0.15, 0.2) is 15.3 Å². The van der Waals surface area contributed by atoms with Gasteiger partial charge in [-0.1, -0.05) is 0 Å². The van der Waals surface area contributed by atoms with E-state index in [0.717, 1.165) is 12.8 Å². The summed E-state index contributed by atoms with van der Waals surface area (Å²) in [5.74, 6) is -0.558. The van der Waals surface area contributed by atoms with E-state index in [9.17, 15) is 14.7 Å². The highest BCUT2D eigenvalue weighted by atomic mass is 16.5. The third-order valence-electron chi connectivity index (χ3n) is 2.41. The standard InChI is InChI=1S/C11H12O5/c1-6-4-8(12)9(11(14)16-6)10(13)15-5-7-2-3-7/h4,7,12H,2-3,5H2,1H3. The van der Waals surface area contributed by atoms with Crippen molar-refractivity contribution in [2.45, 2.75) is 19.8 Å². The van der Waals surface area contributed by atoms with Crippen LogP contribution >= 0.6 is 0 Å². The molecule has 16 heavy (non-hydrogen) atoms. The van der Waals surface area contributed by atoms with Gasteiger partial charge in [0.15, 0.2) is 5.56 Å². The second-order valence-corrected chi connectivity index (χ2v) is 3.95. The minimum atomic E-state index is -0.863. The zero-order valence-corrected chi connectivity index (χ0v) is 8.86. The first kappa shape index (κ1) is 10.7. The van der Waals surface area contributed by atoms with Gasteiger partial charge in [-0.25, -0.2) is 9.59 Å². The second kappa shape index (κ2) is 4.00. The topological polar surface area (TPSA) is 76.7 Å². The molecule has 5 nitrogen and oxygen atoms in total. The number of carbonyl (C=O) groups is 1. The van der Waals surface area contributed by atoms with Crippen molar-refractivity contribution in [2.75, 3.05) is 6.61 Å². The maximum absolute atomic E-state index is 11.5. The van der Waals surface area contributed by atoms with Crippen LogP contribution in [0.4, 0.5) is 0 Å². The normalized spacial score (nSPS) is 14.8. The number of rotatable bonds is 3. The van der Waals surface area contributed by atoms with E-state index >= 15 is 0 Å². The molecule has 1 saturated carbocycles. The van der Waals surface area contributed by atoms with E-state index in [-0.39, 0.29) is 5.76 Å². The third kappa shape index (κ3) is 2.24. The summed E-state index contributed by atoms with van der Waals surface area (Å²) < 4.78 is 9.61. The van der Waals surface area contributed by atoms with Crippen LogP contribution in [0.3, 0.4) is 0 Å². The Morgan fingerprint density at radius 2 is 2.31 bits per heavy atom. The molecule has 1 N–H and O–H groups in total. The summed E-state index contributed by atoms with van der Waals surface area (Å²) in [6.07, 6.45) is 2.09. The number of esters is 1. The van der Waals surface area contributed by atoms with Crippen molar-refractivity contribution in [1.82, 2.24) is 0 Å². The van der Waals surface area contributed by atoms with Gasteiger partial charge in [-0.15, -0.1) is 0 Å². The average Bonchev–Trinajstić information content (AvgIpc) is 2.96. The summed E-state index contributed by atoms with van der Waals surface area (Å²) in [5, 5.41) is 9.46. The first-order valence-corrected chi connectivity index (χ1v) is 5.08.